The van der Waals surface area contributed by atoms with Crippen molar-refractivity contribution in [1.82, 2.24) is 0 Å². The second kappa shape index (κ2) is 10.3. The van der Waals surface area contributed by atoms with Crippen molar-refractivity contribution >= 4 is 91.4 Å². The van der Waals surface area contributed by atoms with Gasteiger partial charge in [-0.3, -0.25) is 4.99 Å². The summed E-state index contributed by atoms with van der Waals surface area (Å²) in [7, 11) is 0. The van der Waals surface area contributed by atoms with Crippen molar-refractivity contribution in [3.63, 3.8) is 0 Å². The van der Waals surface area contributed by atoms with Crippen LogP contribution in [0.2, 0.25) is 0 Å². The van der Waals surface area contributed by atoms with Gasteiger partial charge in [-0.2, -0.15) is 0 Å². The van der Waals surface area contributed by atoms with Gasteiger partial charge in [-0.05, 0) is 71.4 Å². The lowest BCUT2D eigenvalue weighted by atomic mass is 9.85. The Morgan fingerprint density at radius 1 is 1.45 bits per heavy atom. The number of halogens is 3. The predicted molar refractivity (Wildman–Crippen MR) is 140 cm³/mol. The first kappa shape index (κ1) is 24.9. The van der Waals surface area contributed by atoms with E-state index in [4.69, 9.17) is 9.73 Å². The number of esters is 1. The Morgan fingerprint density at radius 2 is 2.17 bits per heavy atom. The quantitative estimate of drug-likeness (QED) is 0.293. The van der Waals surface area contributed by atoms with Crippen LogP contribution >= 0.6 is 69.7 Å². The van der Waals surface area contributed by atoms with Crippen molar-refractivity contribution in [2.24, 2.45) is 10.4 Å². The molecular formula is C20H23FI2N2O2S2. The molecule has 0 unspecified atom stereocenters. The highest BCUT2D eigenvalue weighted by Crippen LogP contribution is 2.43. The summed E-state index contributed by atoms with van der Waals surface area (Å²) in [6.45, 7) is 7.05. The largest absolute Gasteiger partial charge is 0.462 e. The minimum atomic E-state index is -0.383. The summed E-state index contributed by atoms with van der Waals surface area (Å²) >= 11 is 5.07. The fraction of sp³-hybridized carbons (Fsp3) is 0.400. The maximum atomic E-state index is 14.4. The molecule has 2 heterocycles. The van der Waals surface area contributed by atoms with Crippen LogP contribution in [0.5, 0.6) is 0 Å². The number of hydrogen-bond donors (Lipinski definition) is 1. The van der Waals surface area contributed by atoms with Crippen LogP contribution in [0.3, 0.4) is 0 Å². The first-order chi connectivity index (χ1) is 13.3. The second-order valence-electron chi connectivity index (χ2n) is 7.25. The minimum Gasteiger partial charge on any atom is -0.462 e. The molecule has 0 amide bonds. The Labute approximate surface area is 209 Å². The molecule has 0 saturated carbocycles. The van der Waals surface area contributed by atoms with Gasteiger partial charge in [0.2, 0.25) is 0 Å². The molecule has 1 aliphatic rings. The molecule has 158 valence electrons. The molecule has 0 aliphatic carbocycles. The van der Waals surface area contributed by atoms with Gasteiger partial charge in [0, 0.05) is 10.1 Å². The topological polar surface area (TPSA) is 50.7 Å². The van der Waals surface area contributed by atoms with Crippen molar-refractivity contribution in [3.8, 4) is 0 Å². The summed E-state index contributed by atoms with van der Waals surface area (Å²) in [6.07, 6.45) is 2.69. The number of aliphatic imine (C=N–C) groups is 1. The zero-order chi connectivity index (χ0) is 20.5. The molecule has 0 spiro atoms. The van der Waals surface area contributed by atoms with Crippen LogP contribution in [0.25, 0.3) is 0 Å². The lowest BCUT2D eigenvalue weighted by Crippen LogP contribution is -2.20. The molecule has 2 aromatic rings. The van der Waals surface area contributed by atoms with Gasteiger partial charge in [0.05, 0.1) is 22.7 Å². The van der Waals surface area contributed by atoms with E-state index in [0.717, 1.165) is 19.1 Å². The summed E-state index contributed by atoms with van der Waals surface area (Å²) in [6, 6.07) is 4.97. The Balaban J connectivity index is 0.00000300. The second-order valence-corrected chi connectivity index (χ2v) is 10.3. The van der Waals surface area contributed by atoms with E-state index in [1.165, 1.54) is 17.4 Å². The predicted octanol–water partition coefficient (Wildman–Crippen LogP) is 6.72. The van der Waals surface area contributed by atoms with E-state index in [1.807, 2.05) is 12.3 Å². The molecule has 0 atom stereocenters. The van der Waals surface area contributed by atoms with Gasteiger partial charge in [-0.25, -0.2) is 9.18 Å². The molecule has 4 nitrogen and oxygen atoms in total. The molecule has 0 saturated heterocycles. The third-order valence-corrected chi connectivity index (χ3v) is 7.03. The highest BCUT2D eigenvalue weighted by molar-refractivity contribution is 14.1. The van der Waals surface area contributed by atoms with Crippen molar-refractivity contribution in [1.29, 1.82) is 0 Å². The van der Waals surface area contributed by atoms with E-state index >= 15 is 0 Å². The summed E-state index contributed by atoms with van der Waals surface area (Å²) in [4.78, 5) is 18.6. The number of carbonyl (C=O) groups is 1. The lowest BCUT2D eigenvalue weighted by Gasteiger charge is -2.21. The van der Waals surface area contributed by atoms with Gasteiger partial charge in [0.1, 0.15) is 15.9 Å². The normalized spacial score (nSPS) is 14.9. The third-order valence-electron chi connectivity index (χ3n) is 4.36. The number of nitrogens with zero attached hydrogens (tertiary/aromatic N) is 1. The molecule has 29 heavy (non-hydrogen) atoms. The summed E-state index contributed by atoms with van der Waals surface area (Å²) in [5, 5.41) is 4.64. The average Bonchev–Trinajstić information content (AvgIpc) is 2.89. The van der Waals surface area contributed by atoms with Crippen LogP contribution < -0.4 is 5.32 Å². The molecule has 1 N–H and O–H groups in total. The number of thiophene rings is 1. The van der Waals surface area contributed by atoms with Crippen LogP contribution in [0.4, 0.5) is 15.1 Å². The van der Waals surface area contributed by atoms with E-state index in [9.17, 15) is 9.18 Å². The first-order valence-corrected chi connectivity index (χ1v) is 12.0. The minimum absolute atomic E-state index is 0. The molecular weight excluding hydrogens is 637 g/mol. The van der Waals surface area contributed by atoms with Crippen molar-refractivity contribution in [2.75, 3.05) is 24.7 Å². The van der Waals surface area contributed by atoms with Gasteiger partial charge >= 0.3 is 5.97 Å². The molecule has 0 radical (unpaired) electrons. The third kappa shape index (κ3) is 5.65. The molecule has 0 bridgehead atoms. The fourth-order valence-corrected chi connectivity index (χ4v) is 5.53. The van der Waals surface area contributed by atoms with Crippen LogP contribution in [-0.2, 0) is 11.2 Å². The number of rotatable bonds is 4. The number of nitrogens with one attached hydrogen (secondary N) is 1. The number of carbonyl (C=O) groups excluding carboxylic acids is 1. The number of benzene rings is 1. The van der Waals surface area contributed by atoms with Crippen LogP contribution in [0.15, 0.2) is 23.2 Å². The van der Waals surface area contributed by atoms with E-state index < -0.39 is 0 Å². The molecule has 1 aromatic carbocycles. The highest BCUT2D eigenvalue weighted by atomic mass is 127. The Morgan fingerprint density at radius 3 is 2.79 bits per heavy atom. The lowest BCUT2D eigenvalue weighted by molar-refractivity contribution is 0.0526. The molecule has 0 fully saturated rings. The number of ether oxygens (including phenoxy) is 1. The van der Waals surface area contributed by atoms with E-state index in [1.54, 1.807) is 24.8 Å². The fourth-order valence-electron chi connectivity index (χ4n) is 3.08. The van der Waals surface area contributed by atoms with Crippen LogP contribution in [-0.4, -0.2) is 30.4 Å². The average molecular weight is 660 g/mol. The van der Waals surface area contributed by atoms with Gasteiger partial charge in [-0.1, -0.05) is 13.8 Å². The summed E-state index contributed by atoms with van der Waals surface area (Å²) < 4.78 is 20.6. The molecule has 1 aromatic heterocycles. The zero-order valence-electron chi connectivity index (χ0n) is 16.6. The standard InChI is InChI=1S/C20H22FIN2O2S2.HI/c1-5-26-19(25)15-12-9-20(2,3)10-23-18(27-4)16(12)28-17(15)24-14-7-6-11(22)8-13(14)21;/h6-8,24H,5,9-10H2,1-4H3;1H. The maximum Gasteiger partial charge on any atom is 0.341 e. The van der Waals surface area contributed by atoms with Gasteiger partial charge in [0.15, 0.2) is 0 Å². The zero-order valence-corrected chi connectivity index (χ0v) is 22.7. The number of thioether (sulfide) groups is 1. The van der Waals surface area contributed by atoms with E-state index in [0.29, 0.717) is 29.2 Å². The summed E-state index contributed by atoms with van der Waals surface area (Å²) in [5.74, 6) is -0.740. The van der Waals surface area contributed by atoms with Gasteiger partial charge < -0.3 is 10.1 Å². The van der Waals surface area contributed by atoms with Crippen LogP contribution in [0, 0.1) is 14.8 Å². The Hall–Kier alpha value is -0.400. The van der Waals surface area contributed by atoms with Crippen molar-refractivity contribution in [3.05, 3.63) is 43.6 Å². The van der Waals surface area contributed by atoms with Crippen molar-refractivity contribution in [2.45, 2.75) is 27.2 Å². The number of anilines is 2. The highest BCUT2D eigenvalue weighted by Gasteiger charge is 2.33. The number of hydrogen-bond acceptors (Lipinski definition) is 6. The first-order valence-electron chi connectivity index (χ1n) is 8.89. The number of fused-ring (bicyclic) bond motifs is 1. The van der Waals surface area contributed by atoms with E-state index in [2.05, 4.69) is 41.8 Å². The molecule has 3 rings (SSSR count). The molecule has 1 aliphatic heterocycles. The van der Waals surface area contributed by atoms with Crippen molar-refractivity contribution < 1.29 is 13.9 Å². The van der Waals surface area contributed by atoms with Gasteiger partial charge in [0.25, 0.3) is 0 Å². The maximum absolute atomic E-state index is 14.4. The Bertz CT molecular complexity index is 945. The summed E-state index contributed by atoms with van der Waals surface area (Å²) in [5.41, 5.74) is 1.69. The molecule has 9 heteroatoms. The SMILES string of the molecule is CCOC(=O)c1c(Nc2ccc(I)cc2F)sc2c1CC(C)(C)CN=C2SC.I. The van der Waals surface area contributed by atoms with Gasteiger partial charge in [-0.15, -0.1) is 47.1 Å². The Kier molecular flexibility index (Phi) is 8.81. The van der Waals surface area contributed by atoms with Crippen LogP contribution in [0.1, 0.15) is 41.6 Å². The monoisotopic (exact) mass is 660 g/mol. The van der Waals surface area contributed by atoms with E-state index in [-0.39, 0.29) is 47.8 Å². The smallest absolute Gasteiger partial charge is 0.341 e.